The van der Waals surface area contributed by atoms with Crippen molar-refractivity contribution in [2.24, 2.45) is 0 Å². The fourth-order valence-electron chi connectivity index (χ4n) is 3.39. The Kier molecular flexibility index (Phi) is 6.98. The smallest absolute Gasteiger partial charge is 0.236 e. The number of carbonyl (C=O) groups is 1. The average Bonchev–Trinajstić information content (AvgIpc) is 3.61. The van der Waals surface area contributed by atoms with Crippen molar-refractivity contribution in [1.29, 1.82) is 0 Å². The monoisotopic (exact) mass is 521 g/mol. The quantitative estimate of drug-likeness (QED) is 0.242. The van der Waals surface area contributed by atoms with Gasteiger partial charge in [-0.3, -0.25) is 9.36 Å². The molecule has 2 aromatic carbocycles. The van der Waals surface area contributed by atoms with E-state index >= 15 is 0 Å². The number of aromatic nitrogens is 4. The molecule has 5 rings (SSSR count). The van der Waals surface area contributed by atoms with E-state index in [1.807, 2.05) is 66.1 Å². The molecule has 0 bridgehead atoms. The molecule has 0 unspecified atom stereocenters. The van der Waals surface area contributed by atoms with Gasteiger partial charge >= 0.3 is 0 Å². The Morgan fingerprint density at radius 2 is 1.91 bits per heavy atom. The lowest BCUT2D eigenvalue weighted by molar-refractivity contribution is -0.113. The predicted molar refractivity (Wildman–Crippen MR) is 140 cm³/mol. The van der Waals surface area contributed by atoms with Crippen molar-refractivity contribution < 1.29 is 9.21 Å². The zero-order valence-corrected chi connectivity index (χ0v) is 21.0. The number of nitrogens with zero attached hydrogens (tertiary/aromatic N) is 4. The maximum atomic E-state index is 12.7. The first-order valence-corrected chi connectivity index (χ1v) is 12.9. The Balaban J connectivity index is 1.27. The van der Waals surface area contributed by atoms with Crippen LogP contribution in [-0.2, 0) is 11.2 Å². The standard InChI is InChI=1S/C25H20ClN5O2S2/c1-16-4-10-19(11-5-16)31-23(21-3-2-12-33-21)29-30-25(31)34-15-22(32)28-24-27-14-20(35-24)13-17-6-8-18(26)9-7-17/h2-12,14H,13,15H2,1H3,(H,27,28,32). The normalized spacial score (nSPS) is 11.0. The first-order valence-electron chi connectivity index (χ1n) is 10.7. The Bertz CT molecular complexity index is 1430. The summed E-state index contributed by atoms with van der Waals surface area (Å²) >= 11 is 8.71. The molecule has 5 aromatic rings. The Labute approximate surface area is 215 Å². The summed E-state index contributed by atoms with van der Waals surface area (Å²) in [5.74, 6) is 1.17. The third-order valence-electron chi connectivity index (χ3n) is 5.09. The maximum Gasteiger partial charge on any atom is 0.236 e. The van der Waals surface area contributed by atoms with Crippen LogP contribution in [0.1, 0.15) is 16.0 Å². The van der Waals surface area contributed by atoms with E-state index in [1.165, 1.54) is 23.1 Å². The number of furan rings is 1. The molecule has 0 aliphatic carbocycles. The van der Waals surface area contributed by atoms with E-state index in [0.29, 0.717) is 26.9 Å². The highest BCUT2D eigenvalue weighted by Crippen LogP contribution is 2.29. The molecule has 3 heterocycles. The van der Waals surface area contributed by atoms with Crippen LogP contribution in [-0.4, -0.2) is 31.4 Å². The molecule has 1 N–H and O–H groups in total. The Morgan fingerprint density at radius 3 is 2.66 bits per heavy atom. The summed E-state index contributed by atoms with van der Waals surface area (Å²) in [5.41, 5.74) is 3.17. The molecule has 0 aliphatic rings. The molecule has 0 saturated carbocycles. The lowest BCUT2D eigenvalue weighted by Gasteiger charge is -2.09. The number of aryl methyl sites for hydroxylation is 1. The number of rotatable bonds is 8. The number of halogens is 1. The second-order valence-electron chi connectivity index (χ2n) is 7.73. The van der Waals surface area contributed by atoms with E-state index in [2.05, 4.69) is 20.5 Å². The Morgan fingerprint density at radius 1 is 1.11 bits per heavy atom. The van der Waals surface area contributed by atoms with E-state index in [-0.39, 0.29) is 11.7 Å². The zero-order chi connectivity index (χ0) is 24.2. The summed E-state index contributed by atoms with van der Waals surface area (Å²) < 4.78 is 7.44. The van der Waals surface area contributed by atoms with E-state index < -0.39 is 0 Å². The predicted octanol–water partition coefficient (Wildman–Crippen LogP) is 6.27. The van der Waals surface area contributed by atoms with Gasteiger partial charge in [-0.05, 0) is 48.9 Å². The molecule has 176 valence electrons. The topological polar surface area (TPSA) is 85.8 Å². The maximum absolute atomic E-state index is 12.7. The second kappa shape index (κ2) is 10.5. The van der Waals surface area contributed by atoms with Gasteiger partial charge < -0.3 is 9.73 Å². The van der Waals surface area contributed by atoms with Crippen molar-refractivity contribution in [2.75, 3.05) is 11.1 Å². The summed E-state index contributed by atoms with van der Waals surface area (Å²) in [6.45, 7) is 2.03. The molecule has 0 saturated heterocycles. The number of amides is 1. The highest BCUT2D eigenvalue weighted by molar-refractivity contribution is 7.99. The SMILES string of the molecule is Cc1ccc(-n2c(SCC(=O)Nc3ncc(Cc4ccc(Cl)cc4)s3)nnc2-c2ccco2)cc1. The van der Waals surface area contributed by atoms with Crippen LogP contribution in [0.15, 0.2) is 82.7 Å². The summed E-state index contributed by atoms with van der Waals surface area (Å²) in [6.07, 6.45) is 4.11. The van der Waals surface area contributed by atoms with Crippen molar-refractivity contribution in [3.63, 3.8) is 0 Å². The van der Waals surface area contributed by atoms with Gasteiger partial charge in [-0.2, -0.15) is 0 Å². The van der Waals surface area contributed by atoms with Crippen LogP contribution in [0.5, 0.6) is 0 Å². The summed E-state index contributed by atoms with van der Waals surface area (Å²) in [4.78, 5) is 18.1. The number of carbonyl (C=O) groups excluding carboxylic acids is 1. The molecular weight excluding hydrogens is 502 g/mol. The van der Waals surface area contributed by atoms with Crippen LogP contribution < -0.4 is 5.32 Å². The highest BCUT2D eigenvalue weighted by atomic mass is 35.5. The average molecular weight is 522 g/mol. The van der Waals surface area contributed by atoms with Crippen molar-refractivity contribution in [3.05, 3.63) is 94.2 Å². The second-order valence-corrected chi connectivity index (χ2v) is 10.2. The third-order valence-corrected chi connectivity index (χ3v) is 7.18. The molecule has 0 spiro atoms. The number of nitrogens with one attached hydrogen (secondary N) is 1. The van der Waals surface area contributed by atoms with Gasteiger partial charge in [-0.15, -0.1) is 21.5 Å². The Hall–Kier alpha value is -3.40. The van der Waals surface area contributed by atoms with Gasteiger partial charge in [0.15, 0.2) is 16.0 Å². The van der Waals surface area contributed by atoms with E-state index in [4.69, 9.17) is 16.0 Å². The summed E-state index contributed by atoms with van der Waals surface area (Å²) in [6, 6.07) is 19.4. The number of thioether (sulfide) groups is 1. The number of hydrogen-bond donors (Lipinski definition) is 1. The zero-order valence-electron chi connectivity index (χ0n) is 18.6. The minimum Gasteiger partial charge on any atom is -0.461 e. The van der Waals surface area contributed by atoms with Gasteiger partial charge in [0.25, 0.3) is 0 Å². The number of benzene rings is 2. The number of hydrogen-bond acceptors (Lipinski definition) is 7. The van der Waals surface area contributed by atoms with Crippen LogP contribution in [0.4, 0.5) is 5.13 Å². The number of anilines is 1. The molecule has 10 heteroatoms. The lowest BCUT2D eigenvalue weighted by Crippen LogP contribution is -2.14. The minimum absolute atomic E-state index is 0.161. The van der Waals surface area contributed by atoms with Gasteiger partial charge in [-0.1, -0.05) is 53.2 Å². The van der Waals surface area contributed by atoms with Crippen molar-refractivity contribution in [1.82, 2.24) is 19.7 Å². The summed E-state index contributed by atoms with van der Waals surface area (Å²) in [7, 11) is 0. The van der Waals surface area contributed by atoms with Crippen LogP contribution in [0.25, 0.3) is 17.3 Å². The van der Waals surface area contributed by atoms with Crippen molar-refractivity contribution in [3.8, 4) is 17.3 Å². The van der Waals surface area contributed by atoms with Gasteiger partial charge in [0.05, 0.1) is 12.0 Å². The summed E-state index contributed by atoms with van der Waals surface area (Å²) in [5, 5.41) is 13.4. The van der Waals surface area contributed by atoms with Crippen LogP contribution in [0.2, 0.25) is 5.02 Å². The molecule has 0 fully saturated rings. The minimum atomic E-state index is -0.166. The molecule has 7 nitrogen and oxygen atoms in total. The fourth-order valence-corrected chi connectivity index (χ4v) is 5.13. The third kappa shape index (κ3) is 5.64. The molecule has 0 radical (unpaired) electrons. The van der Waals surface area contributed by atoms with Gasteiger partial charge in [0.1, 0.15) is 0 Å². The van der Waals surface area contributed by atoms with E-state index in [0.717, 1.165) is 28.1 Å². The highest BCUT2D eigenvalue weighted by Gasteiger charge is 2.19. The fraction of sp³-hybridized carbons (Fsp3) is 0.120. The lowest BCUT2D eigenvalue weighted by atomic mass is 10.1. The largest absolute Gasteiger partial charge is 0.461 e. The molecular formula is C25H20ClN5O2S2. The molecule has 3 aromatic heterocycles. The first kappa shape index (κ1) is 23.3. The van der Waals surface area contributed by atoms with Gasteiger partial charge in [0, 0.05) is 28.2 Å². The van der Waals surface area contributed by atoms with Crippen molar-refractivity contribution in [2.45, 2.75) is 18.5 Å². The van der Waals surface area contributed by atoms with Crippen molar-refractivity contribution >= 4 is 45.7 Å². The van der Waals surface area contributed by atoms with Gasteiger partial charge in [0.2, 0.25) is 11.7 Å². The molecule has 0 atom stereocenters. The molecule has 35 heavy (non-hydrogen) atoms. The van der Waals surface area contributed by atoms with Crippen LogP contribution in [0.3, 0.4) is 0 Å². The number of thiazole rings is 1. The van der Waals surface area contributed by atoms with Crippen LogP contribution in [0, 0.1) is 6.92 Å². The molecule has 1 amide bonds. The molecule has 0 aliphatic heterocycles. The van der Waals surface area contributed by atoms with Crippen LogP contribution >= 0.6 is 34.7 Å². The van der Waals surface area contributed by atoms with E-state index in [9.17, 15) is 4.79 Å². The van der Waals surface area contributed by atoms with Gasteiger partial charge in [-0.25, -0.2) is 4.98 Å². The van der Waals surface area contributed by atoms with E-state index in [1.54, 1.807) is 18.5 Å². The first-order chi connectivity index (χ1) is 17.0.